The summed E-state index contributed by atoms with van der Waals surface area (Å²) < 4.78 is 18.3. The predicted molar refractivity (Wildman–Crippen MR) is 94.0 cm³/mol. The van der Waals surface area contributed by atoms with Crippen molar-refractivity contribution < 1.29 is 9.02 Å². The van der Waals surface area contributed by atoms with Gasteiger partial charge in [-0.05, 0) is 37.2 Å². The van der Waals surface area contributed by atoms with Crippen molar-refractivity contribution in [3.8, 4) is 0 Å². The molecule has 3 rings (SSSR count). The normalized spacial score (nSPS) is 23.5. The van der Waals surface area contributed by atoms with Gasteiger partial charge in [-0.1, -0.05) is 11.2 Å². The molecule has 7 nitrogen and oxygen atoms in total. The number of piperazine rings is 1. The zero-order valence-electron chi connectivity index (χ0n) is 14.8. The van der Waals surface area contributed by atoms with Gasteiger partial charge in [0.25, 0.3) is 0 Å². The van der Waals surface area contributed by atoms with Gasteiger partial charge in [0.15, 0.2) is 11.5 Å². The van der Waals surface area contributed by atoms with Crippen LogP contribution in [0, 0.1) is 0 Å². The zero-order valence-corrected chi connectivity index (χ0v) is 14.8. The lowest BCUT2D eigenvalue weighted by molar-refractivity contribution is 0.155. The first-order valence-electron chi connectivity index (χ1n) is 8.63. The third-order valence-electron chi connectivity index (χ3n) is 4.72. The van der Waals surface area contributed by atoms with Crippen LogP contribution in [0.25, 0.3) is 0 Å². The average Bonchev–Trinajstić information content (AvgIpc) is 3.06. The van der Waals surface area contributed by atoms with Crippen molar-refractivity contribution in [3.63, 3.8) is 0 Å². The summed E-state index contributed by atoms with van der Waals surface area (Å²) in [4.78, 5) is 9.17. The number of halogens is 1. The molecule has 2 N–H and O–H groups in total. The van der Waals surface area contributed by atoms with Crippen LogP contribution in [0.4, 0.5) is 4.39 Å². The Hall–Kier alpha value is -2.06. The monoisotopic (exact) mass is 348 g/mol. The summed E-state index contributed by atoms with van der Waals surface area (Å²) in [7, 11) is 2.14. The fraction of sp³-hybridized carbons (Fsp3) is 0.588. The number of likely N-dealkylation sites (N-methyl/N-ethyl adjacent to an activating group) is 1. The van der Waals surface area contributed by atoms with Gasteiger partial charge in [0, 0.05) is 39.1 Å². The van der Waals surface area contributed by atoms with E-state index in [2.05, 4.69) is 32.2 Å². The topological polar surface area (TPSA) is 83.8 Å². The highest BCUT2D eigenvalue weighted by atomic mass is 19.1. The average molecular weight is 348 g/mol. The molecule has 1 aliphatic carbocycles. The van der Waals surface area contributed by atoms with Crippen LogP contribution >= 0.6 is 0 Å². The van der Waals surface area contributed by atoms with Crippen LogP contribution < -0.4 is 5.73 Å². The number of hydrogen-bond acceptors (Lipinski definition) is 6. The first-order valence-corrected chi connectivity index (χ1v) is 8.63. The van der Waals surface area contributed by atoms with Crippen molar-refractivity contribution in [1.82, 2.24) is 20.1 Å². The van der Waals surface area contributed by atoms with E-state index in [1.807, 2.05) is 0 Å². The molecule has 25 heavy (non-hydrogen) atoms. The van der Waals surface area contributed by atoms with Gasteiger partial charge in [-0.2, -0.15) is 0 Å². The minimum Gasteiger partial charge on any atom is -0.382 e. The van der Waals surface area contributed by atoms with Crippen molar-refractivity contribution >= 4 is 5.84 Å². The first kappa shape index (κ1) is 17.8. The second-order valence-corrected chi connectivity index (χ2v) is 6.67. The molecular weight excluding hydrogens is 323 g/mol. The van der Waals surface area contributed by atoms with E-state index in [1.165, 1.54) is 6.08 Å². The Bertz CT molecular complexity index is 687. The summed E-state index contributed by atoms with van der Waals surface area (Å²) in [6.45, 7) is 6.85. The molecule has 0 spiro atoms. The summed E-state index contributed by atoms with van der Waals surface area (Å²) in [6.07, 6.45) is 4.52. The maximum absolute atomic E-state index is 13.4. The summed E-state index contributed by atoms with van der Waals surface area (Å²) in [6, 6.07) is -0.179. The molecule has 2 heterocycles. The lowest BCUT2D eigenvalue weighted by Crippen LogP contribution is -2.45. The second-order valence-electron chi connectivity index (χ2n) is 6.67. The van der Waals surface area contributed by atoms with Gasteiger partial charge >= 0.3 is 0 Å². The Morgan fingerprint density at radius 2 is 2.12 bits per heavy atom. The lowest BCUT2D eigenvalue weighted by atomic mass is 10.0. The van der Waals surface area contributed by atoms with Gasteiger partial charge in [-0.3, -0.25) is 4.99 Å². The summed E-state index contributed by atoms with van der Waals surface area (Å²) in [5.74, 6) is 0.0976. The molecule has 0 saturated carbocycles. The Kier molecular flexibility index (Phi) is 5.60. The fourth-order valence-corrected chi connectivity index (χ4v) is 3.05. The largest absolute Gasteiger partial charge is 0.382 e. The van der Waals surface area contributed by atoms with Gasteiger partial charge in [-0.25, -0.2) is 9.02 Å². The van der Waals surface area contributed by atoms with Gasteiger partial charge in [0.05, 0.1) is 6.04 Å². The van der Waals surface area contributed by atoms with E-state index >= 15 is 0 Å². The highest BCUT2D eigenvalue weighted by Gasteiger charge is 2.19. The second kappa shape index (κ2) is 7.88. The molecule has 0 amide bonds. The third kappa shape index (κ3) is 4.52. The van der Waals surface area contributed by atoms with Gasteiger partial charge in [0.2, 0.25) is 0 Å². The zero-order chi connectivity index (χ0) is 17.8. The van der Waals surface area contributed by atoms with E-state index in [0.717, 1.165) is 38.4 Å². The Labute approximate surface area is 147 Å². The summed E-state index contributed by atoms with van der Waals surface area (Å²) in [5.41, 5.74) is 7.90. The maximum atomic E-state index is 13.4. The molecule has 1 fully saturated rings. The number of hydrogen-bond donors (Lipinski definition) is 1. The van der Waals surface area contributed by atoms with Crippen LogP contribution in [0.1, 0.15) is 24.7 Å². The number of aromatic nitrogens is 2. The van der Waals surface area contributed by atoms with Crippen LogP contribution in [-0.4, -0.2) is 71.8 Å². The SMILES string of the molecule is CC1=CC(N=C(N)c2nonc2CCN2CCN(C)CC2)CC=C1F. The molecule has 1 aromatic heterocycles. The quantitative estimate of drug-likeness (QED) is 0.634. The van der Waals surface area contributed by atoms with Crippen molar-refractivity contribution in [2.45, 2.75) is 25.8 Å². The highest BCUT2D eigenvalue weighted by Crippen LogP contribution is 2.21. The van der Waals surface area contributed by atoms with E-state index < -0.39 is 0 Å². The third-order valence-corrected chi connectivity index (χ3v) is 4.72. The van der Waals surface area contributed by atoms with Gasteiger partial charge in [-0.15, -0.1) is 0 Å². The number of amidine groups is 1. The molecule has 2 aliphatic rings. The van der Waals surface area contributed by atoms with E-state index in [1.54, 1.807) is 13.0 Å². The number of allylic oxidation sites excluding steroid dienone is 2. The van der Waals surface area contributed by atoms with Crippen molar-refractivity contribution in [2.75, 3.05) is 39.8 Å². The molecule has 1 atom stereocenters. The smallest absolute Gasteiger partial charge is 0.172 e. The van der Waals surface area contributed by atoms with Crippen LogP contribution in [0.3, 0.4) is 0 Å². The molecule has 1 aliphatic heterocycles. The standard InChI is InChI=1S/C17H25FN6O/c1-12-11-13(3-4-14(12)18)20-17(19)16-15(21-25-22-16)5-6-24-9-7-23(2)8-10-24/h4,11,13H,3,5-10H2,1-2H3,(H2,19,20). The molecule has 136 valence electrons. The first-order chi connectivity index (χ1) is 12.0. The van der Waals surface area contributed by atoms with E-state index in [4.69, 9.17) is 10.4 Å². The molecule has 0 radical (unpaired) electrons. The fourth-order valence-electron chi connectivity index (χ4n) is 3.05. The Morgan fingerprint density at radius 3 is 2.84 bits per heavy atom. The minimum atomic E-state index is -0.194. The molecule has 1 unspecified atom stereocenters. The molecule has 8 heteroatoms. The number of aliphatic imine (C=N–C) groups is 1. The van der Waals surface area contributed by atoms with E-state index in [0.29, 0.717) is 29.9 Å². The van der Waals surface area contributed by atoms with Crippen molar-refractivity contribution in [1.29, 1.82) is 0 Å². The molecular formula is C17H25FN6O. The van der Waals surface area contributed by atoms with Crippen LogP contribution in [0.2, 0.25) is 0 Å². The molecule has 1 saturated heterocycles. The van der Waals surface area contributed by atoms with Gasteiger partial charge < -0.3 is 15.5 Å². The van der Waals surface area contributed by atoms with Crippen LogP contribution in [0.15, 0.2) is 33.2 Å². The predicted octanol–water partition coefficient (Wildman–Crippen LogP) is 1.14. The highest BCUT2D eigenvalue weighted by molar-refractivity contribution is 5.96. The van der Waals surface area contributed by atoms with Crippen LogP contribution in [-0.2, 0) is 6.42 Å². The molecule has 1 aromatic rings. The number of nitrogens with zero attached hydrogens (tertiary/aromatic N) is 5. The van der Waals surface area contributed by atoms with Crippen LogP contribution in [0.5, 0.6) is 0 Å². The molecule has 0 aromatic carbocycles. The Morgan fingerprint density at radius 1 is 1.36 bits per heavy atom. The summed E-state index contributed by atoms with van der Waals surface area (Å²) in [5, 5.41) is 7.90. The maximum Gasteiger partial charge on any atom is 0.172 e. The van der Waals surface area contributed by atoms with E-state index in [9.17, 15) is 4.39 Å². The molecule has 0 bridgehead atoms. The van der Waals surface area contributed by atoms with Gasteiger partial charge in [0.1, 0.15) is 11.5 Å². The van der Waals surface area contributed by atoms with Crippen molar-refractivity contribution in [3.05, 3.63) is 34.9 Å². The minimum absolute atomic E-state index is 0.179. The lowest BCUT2D eigenvalue weighted by Gasteiger charge is -2.32. The van der Waals surface area contributed by atoms with Crippen molar-refractivity contribution in [2.24, 2.45) is 10.7 Å². The number of rotatable bonds is 5. The van der Waals surface area contributed by atoms with E-state index in [-0.39, 0.29) is 11.9 Å². The summed E-state index contributed by atoms with van der Waals surface area (Å²) >= 11 is 0. The number of nitrogens with two attached hydrogens (primary N) is 1. The Balaban J connectivity index is 1.62.